The van der Waals surface area contributed by atoms with Gasteiger partial charge in [0, 0.05) is 6.54 Å². The second kappa shape index (κ2) is 5.92. The molecule has 0 heterocycles. The molecule has 1 heteroatoms. The van der Waals surface area contributed by atoms with Crippen LogP contribution in [0, 0.1) is 0 Å². The number of likely N-dealkylation sites (N-methyl/N-ethyl adjacent to an activating group) is 1. The molecule has 0 unspecified atom stereocenters. The van der Waals surface area contributed by atoms with Crippen LogP contribution in [0.3, 0.4) is 0 Å². The highest BCUT2D eigenvalue weighted by atomic mass is 15.1. The van der Waals surface area contributed by atoms with E-state index in [1.807, 2.05) is 0 Å². The Kier molecular flexibility index (Phi) is 4.83. The molecular formula is C14H23N. The molecule has 0 aliphatic carbocycles. The maximum Gasteiger partial charge on any atom is 0.00187 e. The van der Waals surface area contributed by atoms with Crippen LogP contribution < -0.4 is 0 Å². The van der Waals surface area contributed by atoms with E-state index in [1.54, 1.807) is 0 Å². The lowest BCUT2D eigenvalue weighted by Gasteiger charge is -2.13. The molecule has 0 aliphatic heterocycles. The smallest absolute Gasteiger partial charge is 0.00187 e. The van der Waals surface area contributed by atoms with E-state index in [9.17, 15) is 0 Å². The first kappa shape index (κ1) is 12.3. The lowest BCUT2D eigenvalue weighted by atomic mass is 10.0. The minimum atomic E-state index is 0.636. The van der Waals surface area contributed by atoms with Crippen molar-refractivity contribution in [2.75, 3.05) is 20.1 Å². The summed E-state index contributed by atoms with van der Waals surface area (Å²) in [6, 6.07) is 9.04. The van der Waals surface area contributed by atoms with Crippen LogP contribution in [0.5, 0.6) is 0 Å². The Bertz CT molecular complexity index is 274. The highest BCUT2D eigenvalue weighted by molar-refractivity contribution is 5.24. The first-order chi connectivity index (χ1) is 7.13. The fourth-order valence-electron chi connectivity index (χ4n) is 1.55. The molecule has 0 radical (unpaired) electrons. The maximum absolute atomic E-state index is 2.34. The Labute approximate surface area is 94.1 Å². The molecule has 0 aliphatic rings. The first-order valence-electron chi connectivity index (χ1n) is 5.91. The van der Waals surface area contributed by atoms with Gasteiger partial charge in [-0.1, -0.05) is 45.0 Å². The molecular weight excluding hydrogens is 182 g/mol. The van der Waals surface area contributed by atoms with Crippen LogP contribution >= 0.6 is 0 Å². The van der Waals surface area contributed by atoms with Crippen molar-refractivity contribution in [1.82, 2.24) is 4.90 Å². The van der Waals surface area contributed by atoms with E-state index in [4.69, 9.17) is 0 Å². The highest BCUT2D eigenvalue weighted by Crippen LogP contribution is 2.14. The molecule has 15 heavy (non-hydrogen) atoms. The number of hydrogen-bond donors (Lipinski definition) is 0. The fourth-order valence-corrected chi connectivity index (χ4v) is 1.55. The summed E-state index contributed by atoms with van der Waals surface area (Å²) in [5.41, 5.74) is 2.88. The number of hydrogen-bond acceptors (Lipinski definition) is 1. The molecule has 0 amide bonds. The van der Waals surface area contributed by atoms with Crippen LogP contribution in [0.2, 0.25) is 0 Å². The molecule has 1 aromatic carbocycles. The van der Waals surface area contributed by atoms with Gasteiger partial charge < -0.3 is 4.90 Å². The van der Waals surface area contributed by atoms with Gasteiger partial charge in [-0.05, 0) is 37.1 Å². The average molecular weight is 205 g/mol. The number of rotatable bonds is 5. The van der Waals surface area contributed by atoms with Gasteiger partial charge in [-0.15, -0.1) is 0 Å². The molecule has 0 N–H and O–H groups in total. The van der Waals surface area contributed by atoms with Crippen molar-refractivity contribution in [3.05, 3.63) is 35.4 Å². The molecule has 0 aromatic heterocycles. The van der Waals surface area contributed by atoms with Crippen molar-refractivity contribution >= 4 is 0 Å². The quantitative estimate of drug-likeness (QED) is 0.713. The van der Waals surface area contributed by atoms with Gasteiger partial charge in [0.1, 0.15) is 0 Å². The van der Waals surface area contributed by atoms with Gasteiger partial charge in [0.05, 0.1) is 0 Å². The third-order valence-corrected chi connectivity index (χ3v) is 2.97. The zero-order valence-corrected chi connectivity index (χ0v) is 10.5. The van der Waals surface area contributed by atoms with E-state index in [0.717, 1.165) is 19.5 Å². The van der Waals surface area contributed by atoms with Gasteiger partial charge in [-0.3, -0.25) is 0 Å². The van der Waals surface area contributed by atoms with Crippen molar-refractivity contribution in [3.8, 4) is 0 Å². The molecule has 0 spiro atoms. The third kappa shape index (κ3) is 4.05. The van der Waals surface area contributed by atoms with E-state index >= 15 is 0 Å². The van der Waals surface area contributed by atoms with Crippen LogP contribution in [0.15, 0.2) is 24.3 Å². The standard InChI is InChI=1S/C14H23N/c1-5-15(4)11-10-13-6-8-14(9-7-13)12(2)3/h6-9,12H,5,10-11H2,1-4H3. The monoisotopic (exact) mass is 205 g/mol. The lowest BCUT2D eigenvalue weighted by Crippen LogP contribution is -2.20. The molecule has 1 nitrogen and oxygen atoms in total. The summed E-state index contributed by atoms with van der Waals surface area (Å²) in [6.07, 6.45) is 1.16. The molecule has 0 saturated carbocycles. The van der Waals surface area contributed by atoms with Gasteiger partial charge >= 0.3 is 0 Å². The summed E-state index contributed by atoms with van der Waals surface area (Å²) in [4.78, 5) is 2.34. The number of benzene rings is 1. The first-order valence-corrected chi connectivity index (χ1v) is 5.91. The molecule has 0 bridgehead atoms. The molecule has 84 valence electrons. The van der Waals surface area contributed by atoms with Crippen molar-refractivity contribution in [1.29, 1.82) is 0 Å². The zero-order valence-electron chi connectivity index (χ0n) is 10.5. The Morgan fingerprint density at radius 3 is 2.20 bits per heavy atom. The largest absolute Gasteiger partial charge is 0.306 e. The molecule has 0 saturated heterocycles. The lowest BCUT2D eigenvalue weighted by molar-refractivity contribution is 0.357. The Morgan fingerprint density at radius 1 is 1.13 bits per heavy atom. The summed E-state index contributed by atoms with van der Waals surface area (Å²) in [6.45, 7) is 8.95. The van der Waals surface area contributed by atoms with E-state index in [1.165, 1.54) is 11.1 Å². The number of nitrogens with zero attached hydrogens (tertiary/aromatic N) is 1. The minimum Gasteiger partial charge on any atom is -0.306 e. The van der Waals surface area contributed by atoms with E-state index in [-0.39, 0.29) is 0 Å². The van der Waals surface area contributed by atoms with Crippen LogP contribution in [-0.2, 0) is 6.42 Å². The fraction of sp³-hybridized carbons (Fsp3) is 0.571. The maximum atomic E-state index is 2.34. The average Bonchev–Trinajstić information content (AvgIpc) is 2.26. The molecule has 1 aromatic rings. The molecule has 1 rings (SSSR count). The van der Waals surface area contributed by atoms with Crippen molar-refractivity contribution in [2.45, 2.75) is 33.1 Å². The topological polar surface area (TPSA) is 3.24 Å². The molecule has 0 atom stereocenters. The van der Waals surface area contributed by atoms with Gasteiger partial charge in [0.25, 0.3) is 0 Å². The zero-order chi connectivity index (χ0) is 11.3. The SMILES string of the molecule is CCN(C)CCc1ccc(C(C)C)cc1. The second-order valence-electron chi connectivity index (χ2n) is 4.54. The summed E-state index contributed by atoms with van der Waals surface area (Å²) >= 11 is 0. The normalized spacial score (nSPS) is 11.3. The van der Waals surface area contributed by atoms with Crippen LogP contribution in [0.4, 0.5) is 0 Å². The molecule has 0 fully saturated rings. The van der Waals surface area contributed by atoms with Gasteiger partial charge in [-0.25, -0.2) is 0 Å². The predicted molar refractivity (Wildman–Crippen MR) is 67.4 cm³/mol. The van der Waals surface area contributed by atoms with E-state index in [2.05, 4.69) is 57.0 Å². The van der Waals surface area contributed by atoms with Gasteiger partial charge in [-0.2, -0.15) is 0 Å². The third-order valence-electron chi connectivity index (χ3n) is 2.97. The summed E-state index contributed by atoms with van der Waals surface area (Å²) in [5.74, 6) is 0.636. The summed E-state index contributed by atoms with van der Waals surface area (Å²) in [5, 5.41) is 0. The van der Waals surface area contributed by atoms with Crippen molar-refractivity contribution in [3.63, 3.8) is 0 Å². The second-order valence-corrected chi connectivity index (χ2v) is 4.54. The Balaban J connectivity index is 2.50. The predicted octanol–water partition coefficient (Wildman–Crippen LogP) is 3.30. The van der Waals surface area contributed by atoms with E-state index < -0.39 is 0 Å². The van der Waals surface area contributed by atoms with Crippen molar-refractivity contribution < 1.29 is 0 Å². The minimum absolute atomic E-state index is 0.636. The Morgan fingerprint density at radius 2 is 1.73 bits per heavy atom. The highest BCUT2D eigenvalue weighted by Gasteiger charge is 2.00. The van der Waals surface area contributed by atoms with Crippen molar-refractivity contribution in [2.24, 2.45) is 0 Å². The van der Waals surface area contributed by atoms with Crippen LogP contribution in [0.25, 0.3) is 0 Å². The van der Waals surface area contributed by atoms with E-state index in [0.29, 0.717) is 5.92 Å². The van der Waals surface area contributed by atoms with Gasteiger partial charge in [0.15, 0.2) is 0 Å². The Hall–Kier alpha value is -0.820. The van der Waals surface area contributed by atoms with Crippen LogP contribution in [0.1, 0.15) is 37.8 Å². The summed E-state index contributed by atoms with van der Waals surface area (Å²) < 4.78 is 0. The van der Waals surface area contributed by atoms with Crippen LogP contribution in [-0.4, -0.2) is 25.0 Å². The van der Waals surface area contributed by atoms with Gasteiger partial charge in [0.2, 0.25) is 0 Å². The summed E-state index contributed by atoms with van der Waals surface area (Å²) in [7, 11) is 2.17.